The quantitative estimate of drug-likeness (QED) is 0.797. The Morgan fingerprint density at radius 1 is 1.56 bits per heavy atom. The Hall–Kier alpha value is -1.83. The summed E-state index contributed by atoms with van der Waals surface area (Å²) in [4.78, 5) is 10.3. The third-order valence-corrected chi connectivity index (χ3v) is 2.37. The molecule has 0 amide bonds. The van der Waals surface area contributed by atoms with E-state index in [2.05, 4.69) is 15.4 Å². The molecular formula is C8H7N3O4S. The molecule has 7 nitrogen and oxygen atoms in total. The molecule has 0 saturated carbocycles. The van der Waals surface area contributed by atoms with E-state index in [0.717, 1.165) is 11.8 Å². The lowest BCUT2D eigenvalue weighted by Gasteiger charge is -1.88. The Kier molecular flexibility index (Phi) is 2.91. The molecule has 0 spiro atoms. The number of carbonyl (C=O) groups is 1. The van der Waals surface area contributed by atoms with Crippen LogP contribution < -0.4 is 0 Å². The highest BCUT2D eigenvalue weighted by Crippen LogP contribution is 2.23. The third kappa shape index (κ3) is 2.40. The maximum absolute atomic E-state index is 10.3. The number of aryl methyl sites for hydroxylation is 1. The largest absolute Gasteiger partial charge is 0.481 e. The SMILES string of the molecule is Cc1cc(-c2nnc(SCC(=O)O)o2)on1. The number of aliphatic carboxylic acids is 1. The molecule has 0 aliphatic rings. The maximum atomic E-state index is 10.3. The zero-order valence-corrected chi connectivity index (χ0v) is 9.02. The van der Waals surface area contributed by atoms with Gasteiger partial charge in [0, 0.05) is 6.07 Å². The van der Waals surface area contributed by atoms with Crippen LogP contribution in [0, 0.1) is 6.92 Å². The summed E-state index contributed by atoms with van der Waals surface area (Å²) in [7, 11) is 0. The standard InChI is InChI=1S/C8H7N3O4S/c1-4-2-5(15-11-4)7-9-10-8(14-7)16-3-6(12)13/h2H,3H2,1H3,(H,12,13). The second-order valence-electron chi connectivity index (χ2n) is 2.89. The molecule has 2 heterocycles. The van der Waals surface area contributed by atoms with E-state index in [1.54, 1.807) is 13.0 Å². The summed E-state index contributed by atoms with van der Waals surface area (Å²) in [5.41, 5.74) is 0.702. The van der Waals surface area contributed by atoms with Gasteiger partial charge in [0.05, 0.1) is 5.69 Å². The molecule has 0 aliphatic heterocycles. The molecular weight excluding hydrogens is 234 g/mol. The van der Waals surface area contributed by atoms with Crippen molar-refractivity contribution in [3.05, 3.63) is 11.8 Å². The van der Waals surface area contributed by atoms with Crippen LogP contribution in [0.25, 0.3) is 11.7 Å². The number of carboxylic acids is 1. The van der Waals surface area contributed by atoms with Gasteiger partial charge in [0.2, 0.25) is 5.76 Å². The van der Waals surface area contributed by atoms with Crippen molar-refractivity contribution in [2.75, 3.05) is 5.75 Å². The van der Waals surface area contributed by atoms with Crippen LogP contribution in [-0.2, 0) is 4.79 Å². The highest BCUT2D eigenvalue weighted by molar-refractivity contribution is 7.99. The molecule has 2 rings (SSSR count). The first-order valence-electron chi connectivity index (χ1n) is 4.27. The van der Waals surface area contributed by atoms with Crippen molar-refractivity contribution < 1.29 is 18.8 Å². The Balaban J connectivity index is 2.10. The average molecular weight is 241 g/mol. The molecule has 0 bridgehead atoms. The van der Waals surface area contributed by atoms with Crippen LogP contribution in [0.2, 0.25) is 0 Å². The smallest absolute Gasteiger partial charge is 0.314 e. The molecule has 84 valence electrons. The molecule has 1 N–H and O–H groups in total. The van der Waals surface area contributed by atoms with Crippen molar-refractivity contribution in [3.8, 4) is 11.7 Å². The van der Waals surface area contributed by atoms with Gasteiger partial charge in [0.1, 0.15) is 5.75 Å². The summed E-state index contributed by atoms with van der Waals surface area (Å²) in [5, 5.41) is 19.7. The molecule has 2 aromatic rings. The number of aromatic nitrogens is 3. The lowest BCUT2D eigenvalue weighted by molar-refractivity contribution is -0.133. The van der Waals surface area contributed by atoms with E-state index in [1.165, 1.54) is 0 Å². The number of hydrogen-bond donors (Lipinski definition) is 1. The average Bonchev–Trinajstić information content (AvgIpc) is 2.83. The van der Waals surface area contributed by atoms with Crippen molar-refractivity contribution in [1.82, 2.24) is 15.4 Å². The summed E-state index contributed by atoms with van der Waals surface area (Å²) in [6.07, 6.45) is 0. The van der Waals surface area contributed by atoms with Gasteiger partial charge in [-0.1, -0.05) is 16.9 Å². The van der Waals surface area contributed by atoms with Gasteiger partial charge in [-0.15, -0.1) is 10.2 Å². The zero-order chi connectivity index (χ0) is 11.5. The van der Waals surface area contributed by atoms with Crippen molar-refractivity contribution in [2.24, 2.45) is 0 Å². The number of rotatable bonds is 4. The minimum Gasteiger partial charge on any atom is -0.481 e. The van der Waals surface area contributed by atoms with Crippen LogP contribution in [0.4, 0.5) is 0 Å². The molecule has 0 radical (unpaired) electrons. The molecule has 0 atom stereocenters. The van der Waals surface area contributed by atoms with Gasteiger partial charge in [-0.3, -0.25) is 4.79 Å². The van der Waals surface area contributed by atoms with Crippen LogP contribution in [0.15, 0.2) is 20.2 Å². The first-order chi connectivity index (χ1) is 7.65. The molecule has 0 saturated heterocycles. The van der Waals surface area contributed by atoms with E-state index in [4.69, 9.17) is 14.0 Å². The fraction of sp³-hybridized carbons (Fsp3) is 0.250. The van der Waals surface area contributed by atoms with Crippen LogP contribution in [0.1, 0.15) is 5.69 Å². The second kappa shape index (κ2) is 4.35. The summed E-state index contributed by atoms with van der Waals surface area (Å²) >= 11 is 0.949. The number of carboxylic acid groups (broad SMARTS) is 1. The van der Waals surface area contributed by atoms with Gasteiger partial charge >= 0.3 is 5.97 Å². The number of hydrogen-bond acceptors (Lipinski definition) is 7. The van der Waals surface area contributed by atoms with Gasteiger partial charge in [-0.25, -0.2) is 0 Å². The molecule has 0 unspecified atom stereocenters. The number of nitrogens with zero attached hydrogens (tertiary/aromatic N) is 3. The van der Waals surface area contributed by atoms with Crippen molar-refractivity contribution in [3.63, 3.8) is 0 Å². The molecule has 0 fully saturated rings. The Morgan fingerprint density at radius 2 is 2.38 bits per heavy atom. The molecule has 8 heteroatoms. The molecule has 2 aromatic heterocycles. The molecule has 0 aliphatic carbocycles. The molecule has 16 heavy (non-hydrogen) atoms. The fourth-order valence-corrected chi connectivity index (χ4v) is 1.44. The van der Waals surface area contributed by atoms with Crippen LogP contribution in [0.5, 0.6) is 0 Å². The van der Waals surface area contributed by atoms with Gasteiger partial charge in [0.15, 0.2) is 0 Å². The highest BCUT2D eigenvalue weighted by Gasteiger charge is 2.14. The lowest BCUT2D eigenvalue weighted by Crippen LogP contribution is -1.97. The zero-order valence-electron chi connectivity index (χ0n) is 8.21. The van der Waals surface area contributed by atoms with E-state index in [1.807, 2.05) is 0 Å². The molecule has 0 aromatic carbocycles. The summed E-state index contributed by atoms with van der Waals surface area (Å²) < 4.78 is 10.1. The monoisotopic (exact) mass is 241 g/mol. The number of thioether (sulfide) groups is 1. The minimum absolute atomic E-state index is 0.128. The van der Waals surface area contributed by atoms with E-state index in [9.17, 15) is 4.79 Å². The van der Waals surface area contributed by atoms with Crippen molar-refractivity contribution in [2.45, 2.75) is 12.1 Å². The highest BCUT2D eigenvalue weighted by atomic mass is 32.2. The Labute approximate surface area is 93.8 Å². The van der Waals surface area contributed by atoms with E-state index < -0.39 is 5.97 Å². The summed E-state index contributed by atoms with van der Waals surface area (Å²) in [5.74, 6) is -0.516. The van der Waals surface area contributed by atoms with Crippen molar-refractivity contribution >= 4 is 17.7 Å². The summed E-state index contributed by atoms with van der Waals surface area (Å²) in [6.45, 7) is 1.77. The van der Waals surface area contributed by atoms with Crippen molar-refractivity contribution in [1.29, 1.82) is 0 Å². The second-order valence-corrected chi connectivity index (χ2v) is 3.81. The van der Waals surface area contributed by atoms with E-state index in [-0.39, 0.29) is 16.9 Å². The Morgan fingerprint density at radius 3 is 3.00 bits per heavy atom. The Bertz CT molecular complexity index is 507. The van der Waals surface area contributed by atoms with Gasteiger partial charge in [0.25, 0.3) is 11.1 Å². The minimum atomic E-state index is -0.944. The van der Waals surface area contributed by atoms with E-state index >= 15 is 0 Å². The van der Waals surface area contributed by atoms with Gasteiger partial charge in [-0.05, 0) is 6.92 Å². The van der Waals surface area contributed by atoms with Crippen LogP contribution in [-0.4, -0.2) is 32.2 Å². The predicted molar refractivity (Wildman–Crippen MR) is 52.9 cm³/mol. The first kappa shape index (κ1) is 10.7. The topological polar surface area (TPSA) is 102 Å². The third-order valence-electron chi connectivity index (χ3n) is 1.56. The fourth-order valence-electron chi connectivity index (χ4n) is 0.956. The maximum Gasteiger partial charge on any atom is 0.314 e. The van der Waals surface area contributed by atoms with Gasteiger partial charge in [-0.2, -0.15) is 0 Å². The summed E-state index contributed by atoms with van der Waals surface area (Å²) in [6, 6.07) is 1.65. The predicted octanol–water partition coefficient (Wildman–Crippen LogP) is 1.21. The normalized spacial score (nSPS) is 10.6. The van der Waals surface area contributed by atoms with Gasteiger partial charge < -0.3 is 14.0 Å². The van der Waals surface area contributed by atoms with Crippen LogP contribution in [0.3, 0.4) is 0 Å². The first-order valence-corrected chi connectivity index (χ1v) is 5.25. The van der Waals surface area contributed by atoms with E-state index in [0.29, 0.717) is 11.5 Å². The lowest BCUT2D eigenvalue weighted by atomic mass is 10.4. The van der Waals surface area contributed by atoms with Crippen LogP contribution >= 0.6 is 11.8 Å².